The lowest BCUT2D eigenvalue weighted by atomic mass is 9.96. The maximum atomic E-state index is 12.2. The monoisotopic (exact) mass is 298 g/mol. The van der Waals surface area contributed by atoms with Crippen LogP contribution in [-0.2, 0) is 9.59 Å². The van der Waals surface area contributed by atoms with E-state index in [0.29, 0.717) is 25.8 Å². The second kappa shape index (κ2) is 7.78. The van der Waals surface area contributed by atoms with Crippen LogP contribution in [0.1, 0.15) is 59.8 Å². The van der Waals surface area contributed by atoms with E-state index < -0.39 is 0 Å². The Morgan fingerprint density at radius 1 is 1.38 bits per heavy atom. The average Bonchev–Trinajstić information content (AvgIpc) is 2.80. The number of nitrogens with zero attached hydrogens (tertiary/aromatic N) is 1. The van der Waals surface area contributed by atoms with E-state index >= 15 is 0 Å². The number of aliphatic hydroxyl groups is 1. The van der Waals surface area contributed by atoms with Gasteiger partial charge in [-0.05, 0) is 32.6 Å². The topological polar surface area (TPSA) is 69.6 Å². The second-order valence-corrected chi connectivity index (χ2v) is 7.08. The lowest BCUT2D eigenvalue weighted by Gasteiger charge is -2.26. The van der Waals surface area contributed by atoms with Crippen LogP contribution in [0.3, 0.4) is 0 Å². The highest BCUT2D eigenvalue weighted by Gasteiger charge is 2.29. The summed E-state index contributed by atoms with van der Waals surface area (Å²) < 4.78 is 0. The van der Waals surface area contributed by atoms with Crippen molar-refractivity contribution in [2.24, 2.45) is 5.41 Å². The normalized spacial score (nSPS) is 20.4. The van der Waals surface area contributed by atoms with Gasteiger partial charge in [0.05, 0.1) is 6.10 Å². The summed E-state index contributed by atoms with van der Waals surface area (Å²) in [6, 6.07) is 0.182. The van der Waals surface area contributed by atoms with Crippen LogP contribution in [-0.4, -0.2) is 47.1 Å². The van der Waals surface area contributed by atoms with E-state index in [9.17, 15) is 14.7 Å². The van der Waals surface area contributed by atoms with E-state index in [2.05, 4.69) is 5.32 Å². The Labute approximate surface area is 128 Å². The van der Waals surface area contributed by atoms with Crippen LogP contribution < -0.4 is 5.32 Å². The van der Waals surface area contributed by atoms with Gasteiger partial charge >= 0.3 is 0 Å². The maximum Gasteiger partial charge on any atom is 0.225 e. The van der Waals surface area contributed by atoms with Crippen LogP contribution in [0, 0.1) is 5.41 Å². The molecule has 2 unspecified atom stereocenters. The summed E-state index contributed by atoms with van der Waals surface area (Å²) in [6.45, 7) is 8.72. The molecule has 0 spiro atoms. The largest absolute Gasteiger partial charge is 0.393 e. The molecule has 1 rings (SSSR count). The highest BCUT2D eigenvalue weighted by Crippen LogP contribution is 2.22. The molecule has 122 valence electrons. The van der Waals surface area contributed by atoms with E-state index in [-0.39, 0.29) is 29.4 Å². The third-order valence-corrected chi connectivity index (χ3v) is 3.84. The molecule has 0 aromatic rings. The van der Waals surface area contributed by atoms with E-state index in [1.165, 1.54) is 0 Å². The maximum absolute atomic E-state index is 12.2. The van der Waals surface area contributed by atoms with Gasteiger partial charge in [-0.25, -0.2) is 0 Å². The molecule has 0 aliphatic carbocycles. The molecule has 1 fully saturated rings. The number of hydrogen-bond donors (Lipinski definition) is 2. The van der Waals surface area contributed by atoms with Crippen LogP contribution in [0.25, 0.3) is 0 Å². The molecule has 1 saturated heterocycles. The minimum atomic E-state index is -0.388. The zero-order chi connectivity index (χ0) is 16.0. The van der Waals surface area contributed by atoms with E-state index in [4.69, 9.17) is 0 Å². The number of likely N-dealkylation sites (tertiary alicyclic amines) is 1. The molecular formula is C16H30N2O3. The highest BCUT2D eigenvalue weighted by molar-refractivity contribution is 5.81. The summed E-state index contributed by atoms with van der Waals surface area (Å²) >= 11 is 0. The Morgan fingerprint density at radius 2 is 2.05 bits per heavy atom. The quantitative estimate of drug-likeness (QED) is 0.733. The van der Waals surface area contributed by atoms with E-state index in [1.54, 1.807) is 6.92 Å². The molecule has 2 amide bonds. The number of carbonyl (C=O) groups excluding carboxylic acids is 2. The third-order valence-electron chi connectivity index (χ3n) is 3.84. The molecule has 0 aromatic heterocycles. The fourth-order valence-corrected chi connectivity index (χ4v) is 2.65. The van der Waals surface area contributed by atoms with Gasteiger partial charge in [-0.3, -0.25) is 9.59 Å². The fourth-order valence-electron chi connectivity index (χ4n) is 2.65. The van der Waals surface area contributed by atoms with Crippen LogP contribution in [0.4, 0.5) is 0 Å². The molecule has 0 saturated carbocycles. The molecule has 2 N–H and O–H groups in total. The molecule has 0 aromatic carbocycles. The molecule has 2 atom stereocenters. The number of rotatable bonds is 6. The molecule has 5 heteroatoms. The summed E-state index contributed by atoms with van der Waals surface area (Å²) in [5.74, 6) is 0.159. The first-order chi connectivity index (χ1) is 9.71. The molecule has 0 bridgehead atoms. The van der Waals surface area contributed by atoms with Gasteiger partial charge in [0.25, 0.3) is 0 Å². The van der Waals surface area contributed by atoms with Gasteiger partial charge in [0, 0.05) is 31.0 Å². The van der Waals surface area contributed by atoms with Crippen molar-refractivity contribution >= 4 is 11.8 Å². The number of amides is 2. The summed E-state index contributed by atoms with van der Waals surface area (Å²) in [7, 11) is 0. The number of hydrogen-bond acceptors (Lipinski definition) is 3. The zero-order valence-electron chi connectivity index (χ0n) is 13.8. The molecule has 1 aliphatic rings. The van der Waals surface area contributed by atoms with Gasteiger partial charge in [0.1, 0.15) is 0 Å². The first kappa shape index (κ1) is 18.0. The van der Waals surface area contributed by atoms with E-state index in [0.717, 1.165) is 19.4 Å². The first-order valence-corrected chi connectivity index (χ1v) is 7.97. The fraction of sp³-hybridized carbons (Fsp3) is 0.875. The van der Waals surface area contributed by atoms with Crippen LogP contribution in [0.5, 0.6) is 0 Å². The Balaban J connectivity index is 2.29. The van der Waals surface area contributed by atoms with Crippen LogP contribution in [0.2, 0.25) is 0 Å². The van der Waals surface area contributed by atoms with Crippen molar-refractivity contribution in [2.75, 3.05) is 13.1 Å². The molecule has 5 nitrogen and oxygen atoms in total. The molecule has 21 heavy (non-hydrogen) atoms. The van der Waals surface area contributed by atoms with Gasteiger partial charge in [-0.2, -0.15) is 0 Å². The van der Waals surface area contributed by atoms with Crippen molar-refractivity contribution in [1.82, 2.24) is 10.2 Å². The Kier molecular flexibility index (Phi) is 6.65. The summed E-state index contributed by atoms with van der Waals surface area (Å²) in [4.78, 5) is 25.8. The Morgan fingerprint density at radius 3 is 2.62 bits per heavy atom. The van der Waals surface area contributed by atoms with Gasteiger partial charge in [0.15, 0.2) is 0 Å². The summed E-state index contributed by atoms with van der Waals surface area (Å²) in [5.41, 5.74) is -0.388. The van der Waals surface area contributed by atoms with Gasteiger partial charge in [0.2, 0.25) is 11.8 Å². The van der Waals surface area contributed by atoms with Crippen molar-refractivity contribution in [2.45, 2.75) is 71.9 Å². The molecule has 0 radical (unpaired) electrons. The van der Waals surface area contributed by atoms with Crippen molar-refractivity contribution < 1.29 is 14.7 Å². The molecule has 1 aliphatic heterocycles. The molecule has 1 heterocycles. The summed E-state index contributed by atoms with van der Waals surface area (Å²) in [5, 5.41) is 12.3. The predicted octanol–water partition coefficient (Wildman–Crippen LogP) is 1.69. The minimum absolute atomic E-state index is 0.0168. The van der Waals surface area contributed by atoms with Crippen molar-refractivity contribution in [3.63, 3.8) is 0 Å². The zero-order valence-corrected chi connectivity index (χ0v) is 13.8. The first-order valence-electron chi connectivity index (χ1n) is 7.97. The SMILES string of the molecule is CC(O)CC1CCCN1C(=O)CCCNC(=O)C(C)(C)C. The Hall–Kier alpha value is -1.10. The summed E-state index contributed by atoms with van der Waals surface area (Å²) in [6.07, 6.45) is 3.42. The minimum Gasteiger partial charge on any atom is -0.393 e. The number of aliphatic hydroxyl groups excluding tert-OH is 1. The Bertz CT molecular complexity index is 361. The lowest BCUT2D eigenvalue weighted by Crippen LogP contribution is -2.38. The van der Waals surface area contributed by atoms with Crippen molar-refractivity contribution in [3.8, 4) is 0 Å². The third kappa shape index (κ3) is 6.04. The van der Waals surface area contributed by atoms with Gasteiger partial charge in [-0.1, -0.05) is 20.8 Å². The van der Waals surface area contributed by atoms with Crippen LogP contribution in [0.15, 0.2) is 0 Å². The second-order valence-electron chi connectivity index (χ2n) is 7.08. The van der Waals surface area contributed by atoms with Gasteiger partial charge < -0.3 is 15.3 Å². The predicted molar refractivity (Wildman–Crippen MR) is 82.7 cm³/mol. The van der Waals surface area contributed by atoms with Crippen molar-refractivity contribution in [3.05, 3.63) is 0 Å². The highest BCUT2D eigenvalue weighted by atomic mass is 16.3. The smallest absolute Gasteiger partial charge is 0.225 e. The van der Waals surface area contributed by atoms with E-state index in [1.807, 2.05) is 25.7 Å². The van der Waals surface area contributed by atoms with Gasteiger partial charge in [-0.15, -0.1) is 0 Å². The van der Waals surface area contributed by atoms with Crippen LogP contribution >= 0.6 is 0 Å². The average molecular weight is 298 g/mol. The van der Waals surface area contributed by atoms with Crippen molar-refractivity contribution in [1.29, 1.82) is 0 Å². The standard InChI is InChI=1S/C16H30N2O3/c1-12(19)11-13-7-6-10-18(13)14(20)8-5-9-17-15(21)16(2,3)4/h12-13,19H,5-11H2,1-4H3,(H,17,21). The molecular weight excluding hydrogens is 268 g/mol. The number of carbonyl (C=O) groups is 2. The lowest BCUT2D eigenvalue weighted by molar-refractivity contribution is -0.133. The number of nitrogens with one attached hydrogen (secondary N) is 1.